The smallest absolute Gasteiger partial charge is 0.326 e. The molecule has 0 saturated heterocycles. The number of rotatable bonds is 5. The van der Waals surface area contributed by atoms with Gasteiger partial charge in [-0.25, -0.2) is 4.79 Å². The molecular weight excluding hydrogens is 338 g/mol. The van der Waals surface area contributed by atoms with Crippen LogP contribution in [0.25, 0.3) is 0 Å². The van der Waals surface area contributed by atoms with E-state index in [0.717, 1.165) is 23.1 Å². The summed E-state index contributed by atoms with van der Waals surface area (Å²) in [6, 6.07) is 14.5. The van der Waals surface area contributed by atoms with E-state index in [1.165, 1.54) is 4.90 Å². The van der Waals surface area contributed by atoms with Crippen molar-refractivity contribution in [2.24, 2.45) is 0 Å². The van der Waals surface area contributed by atoms with E-state index >= 15 is 0 Å². The van der Waals surface area contributed by atoms with E-state index in [-0.39, 0.29) is 5.91 Å². The molecule has 1 aliphatic heterocycles. The second-order valence-electron chi connectivity index (χ2n) is 6.33. The molecule has 0 spiro atoms. The zero-order valence-corrected chi connectivity index (χ0v) is 14.6. The van der Waals surface area contributed by atoms with Gasteiger partial charge in [-0.1, -0.05) is 48.0 Å². The van der Waals surface area contributed by atoms with Gasteiger partial charge in [-0.05, 0) is 41.7 Å². The number of fused-ring (bicyclic) bond motifs is 1. The lowest BCUT2D eigenvalue weighted by atomic mass is 9.93. The van der Waals surface area contributed by atoms with E-state index in [1.54, 1.807) is 0 Å². The molecule has 2 aromatic rings. The van der Waals surface area contributed by atoms with Crippen LogP contribution in [0.1, 0.15) is 29.5 Å². The minimum Gasteiger partial charge on any atom is -0.480 e. The first-order valence-corrected chi connectivity index (χ1v) is 8.76. The number of carboxylic acid groups (broad SMARTS) is 1. The predicted molar refractivity (Wildman–Crippen MR) is 96.5 cm³/mol. The third-order valence-corrected chi connectivity index (χ3v) is 4.88. The van der Waals surface area contributed by atoms with E-state index in [0.29, 0.717) is 30.8 Å². The molecule has 1 heterocycles. The number of aryl methyl sites for hydroxylation is 1. The number of nitrogens with zero attached hydrogens (tertiary/aromatic N) is 1. The molecule has 130 valence electrons. The zero-order chi connectivity index (χ0) is 17.8. The van der Waals surface area contributed by atoms with Crippen molar-refractivity contribution in [3.63, 3.8) is 0 Å². The highest BCUT2D eigenvalue weighted by molar-refractivity contribution is 6.30. The van der Waals surface area contributed by atoms with Crippen LogP contribution >= 0.6 is 11.6 Å². The first-order chi connectivity index (χ1) is 12.0. The second-order valence-corrected chi connectivity index (χ2v) is 6.76. The van der Waals surface area contributed by atoms with Crippen molar-refractivity contribution < 1.29 is 14.7 Å². The van der Waals surface area contributed by atoms with Gasteiger partial charge < -0.3 is 10.0 Å². The van der Waals surface area contributed by atoms with Crippen molar-refractivity contribution in [2.45, 2.75) is 38.3 Å². The van der Waals surface area contributed by atoms with Gasteiger partial charge in [0.05, 0.1) is 0 Å². The average molecular weight is 358 g/mol. The highest BCUT2D eigenvalue weighted by atomic mass is 35.5. The Balaban J connectivity index is 1.63. The molecule has 0 aliphatic carbocycles. The maximum atomic E-state index is 12.6. The number of hydrogen-bond acceptors (Lipinski definition) is 2. The normalized spacial score (nSPS) is 16.4. The molecule has 2 aromatic carbocycles. The quantitative estimate of drug-likeness (QED) is 0.887. The topological polar surface area (TPSA) is 57.6 Å². The Kier molecular flexibility index (Phi) is 5.39. The Morgan fingerprint density at radius 3 is 2.44 bits per heavy atom. The van der Waals surface area contributed by atoms with Gasteiger partial charge in [0.1, 0.15) is 6.04 Å². The number of halogens is 1. The van der Waals surface area contributed by atoms with Crippen LogP contribution in [-0.2, 0) is 29.0 Å². The minimum absolute atomic E-state index is 0.101. The molecule has 1 atom stereocenters. The molecule has 4 nitrogen and oxygen atoms in total. The van der Waals surface area contributed by atoms with Gasteiger partial charge in [0, 0.05) is 24.4 Å². The van der Waals surface area contributed by atoms with Gasteiger partial charge in [0.25, 0.3) is 0 Å². The van der Waals surface area contributed by atoms with E-state index in [1.807, 2.05) is 48.5 Å². The molecule has 0 bridgehead atoms. The van der Waals surface area contributed by atoms with Crippen LogP contribution in [0.2, 0.25) is 5.02 Å². The van der Waals surface area contributed by atoms with Crippen molar-refractivity contribution in [1.29, 1.82) is 0 Å². The zero-order valence-electron chi connectivity index (χ0n) is 13.8. The van der Waals surface area contributed by atoms with E-state index < -0.39 is 12.0 Å². The number of carbonyl (C=O) groups excluding carboxylic acids is 1. The average Bonchev–Trinajstić information content (AvgIpc) is 2.62. The molecule has 0 saturated carbocycles. The molecule has 0 aromatic heterocycles. The van der Waals surface area contributed by atoms with Crippen molar-refractivity contribution in [3.8, 4) is 0 Å². The molecule has 5 heteroatoms. The van der Waals surface area contributed by atoms with Crippen LogP contribution in [-0.4, -0.2) is 27.9 Å². The fourth-order valence-corrected chi connectivity index (χ4v) is 3.37. The van der Waals surface area contributed by atoms with Gasteiger partial charge in [0.2, 0.25) is 5.91 Å². The Bertz CT molecular complexity index is 773. The van der Waals surface area contributed by atoms with Gasteiger partial charge in [-0.3, -0.25) is 4.79 Å². The van der Waals surface area contributed by atoms with Crippen LogP contribution in [0.5, 0.6) is 0 Å². The lowest BCUT2D eigenvalue weighted by Gasteiger charge is -2.34. The summed E-state index contributed by atoms with van der Waals surface area (Å²) in [7, 11) is 0. The fraction of sp³-hybridized carbons (Fsp3) is 0.300. The third kappa shape index (κ3) is 4.20. The SMILES string of the molecule is O=C(O)C1Cc2ccccc2CN1C(=O)CCCc1ccc(Cl)cc1. The monoisotopic (exact) mass is 357 g/mol. The summed E-state index contributed by atoms with van der Waals surface area (Å²) in [6.45, 7) is 0.368. The predicted octanol–water partition coefficient (Wildman–Crippen LogP) is 3.70. The molecule has 0 fully saturated rings. The summed E-state index contributed by atoms with van der Waals surface area (Å²) in [4.78, 5) is 25.7. The number of amides is 1. The maximum Gasteiger partial charge on any atom is 0.326 e. The van der Waals surface area contributed by atoms with Crippen LogP contribution < -0.4 is 0 Å². The minimum atomic E-state index is -0.944. The highest BCUT2D eigenvalue weighted by Gasteiger charge is 2.33. The molecule has 1 N–H and O–H groups in total. The molecule has 25 heavy (non-hydrogen) atoms. The van der Waals surface area contributed by atoms with Crippen LogP contribution in [0.4, 0.5) is 0 Å². The van der Waals surface area contributed by atoms with Crippen molar-refractivity contribution in [3.05, 3.63) is 70.2 Å². The first kappa shape index (κ1) is 17.5. The lowest BCUT2D eigenvalue weighted by Crippen LogP contribution is -2.48. The van der Waals surface area contributed by atoms with Crippen LogP contribution in [0.3, 0.4) is 0 Å². The largest absolute Gasteiger partial charge is 0.480 e. The highest BCUT2D eigenvalue weighted by Crippen LogP contribution is 2.24. The van der Waals surface area contributed by atoms with E-state index in [9.17, 15) is 14.7 Å². The number of carboxylic acids is 1. The summed E-state index contributed by atoms with van der Waals surface area (Å²) in [5.41, 5.74) is 3.17. The lowest BCUT2D eigenvalue weighted by molar-refractivity contribution is -0.151. The Labute approximate surface area is 152 Å². The van der Waals surface area contributed by atoms with Gasteiger partial charge in [0.15, 0.2) is 0 Å². The number of carbonyl (C=O) groups is 2. The Hall–Kier alpha value is -2.33. The fourth-order valence-electron chi connectivity index (χ4n) is 3.24. The number of benzene rings is 2. The maximum absolute atomic E-state index is 12.6. The van der Waals surface area contributed by atoms with Crippen molar-refractivity contribution in [2.75, 3.05) is 0 Å². The summed E-state index contributed by atoms with van der Waals surface area (Å²) < 4.78 is 0. The number of aliphatic carboxylic acids is 1. The van der Waals surface area contributed by atoms with E-state index in [2.05, 4.69) is 0 Å². The molecule has 1 amide bonds. The third-order valence-electron chi connectivity index (χ3n) is 4.62. The summed E-state index contributed by atoms with van der Waals surface area (Å²) in [5, 5.41) is 10.2. The first-order valence-electron chi connectivity index (χ1n) is 8.38. The van der Waals surface area contributed by atoms with E-state index in [4.69, 9.17) is 11.6 Å². The summed E-state index contributed by atoms with van der Waals surface area (Å²) in [6.07, 6.45) is 2.17. The van der Waals surface area contributed by atoms with Crippen LogP contribution in [0, 0.1) is 0 Å². The molecule has 1 unspecified atom stereocenters. The Morgan fingerprint density at radius 2 is 1.76 bits per heavy atom. The summed E-state index contributed by atoms with van der Waals surface area (Å²) in [5.74, 6) is -1.04. The molecule has 0 radical (unpaired) electrons. The van der Waals surface area contributed by atoms with Crippen molar-refractivity contribution >= 4 is 23.5 Å². The van der Waals surface area contributed by atoms with Gasteiger partial charge in [-0.2, -0.15) is 0 Å². The standard InChI is InChI=1S/C20H20ClNO3/c21-17-10-8-14(9-11-17)4-3-7-19(23)22-13-16-6-2-1-5-15(16)12-18(22)20(24)25/h1-2,5-6,8-11,18H,3-4,7,12-13H2,(H,24,25). The molecule has 1 aliphatic rings. The van der Waals surface area contributed by atoms with Crippen LogP contribution in [0.15, 0.2) is 48.5 Å². The van der Waals surface area contributed by atoms with Crippen molar-refractivity contribution in [1.82, 2.24) is 4.90 Å². The summed E-state index contributed by atoms with van der Waals surface area (Å²) >= 11 is 5.87. The van der Waals surface area contributed by atoms with Gasteiger partial charge in [-0.15, -0.1) is 0 Å². The Morgan fingerprint density at radius 1 is 1.08 bits per heavy atom. The molecular formula is C20H20ClNO3. The second kappa shape index (κ2) is 7.70. The number of hydrogen-bond donors (Lipinski definition) is 1. The van der Waals surface area contributed by atoms with Gasteiger partial charge >= 0.3 is 5.97 Å². The molecule has 3 rings (SSSR count).